The summed E-state index contributed by atoms with van der Waals surface area (Å²) in [7, 11) is 0. The largest absolute Gasteiger partial charge is 0.315 e. The van der Waals surface area contributed by atoms with Crippen LogP contribution in [0.3, 0.4) is 0 Å². The smallest absolute Gasteiger partial charge is 0.0223 e. The first-order chi connectivity index (χ1) is 8.17. The van der Waals surface area contributed by atoms with Crippen LogP contribution in [0.5, 0.6) is 0 Å². The van der Waals surface area contributed by atoms with Gasteiger partial charge in [-0.2, -0.15) is 0 Å². The minimum atomic E-state index is 0.669. The highest BCUT2D eigenvalue weighted by atomic mass is 15.2. The Hall–Kier alpha value is -0.0800. The molecule has 2 nitrogen and oxygen atoms in total. The molecule has 1 atom stereocenters. The molecule has 0 aromatic carbocycles. The minimum absolute atomic E-state index is 0.669. The van der Waals surface area contributed by atoms with Gasteiger partial charge in [0.05, 0.1) is 0 Å². The van der Waals surface area contributed by atoms with E-state index in [2.05, 4.69) is 44.8 Å². The molecule has 1 unspecified atom stereocenters. The molecule has 0 fully saturated rings. The van der Waals surface area contributed by atoms with Crippen LogP contribution in [0.2, 0.25) is 0 Å². The number of nitrogens with one attached hydrogen (secondary N) is 1. The van der Waals surface area contributed by atoms with E-state index in [4.69, 9.17) is 0 Å². The van der Waals surface area contributed by atoms with Crippen LogP contribution in [-0.4, -0.2) is 36.6 Å². The Labute approximate surface area is 109 Å². The average molecular weight is 242 g/mol. The van der Waals surface area contributed by atoms with Gasteiger partial charge in [-0.15, -0.1) is 0 Å². The van der Waals surface area contributed by atoms with E-state index in [9.17, 15) is 0 Å². The van der Waals surface area contributed by atoms with Gasteiger partial charge in [-0.05, 0) is 39.8 Å². The highest BCUT2D eigenvalue weighted by Crippen LogP contribution is 2.12. The van der Waals surface area contributed by atoms with E-state index in [1.54, 1.807) is 0 Å². The van der Waals surface area contributed by atoms with Crippen LogP contribution < -0.4 is 5.32 Å². The molecule has 0 aliphatic heterocycles. The summed E-state index contributed by atoms with van der Waals surface area (Å²) in [6.45, 7) is 14.9. The topological polar surface area (TPSA) is 15.3 Å². The summed E-state index contributed by atoms with van der Waals surface area (Å²) in [6, 6.07) is 1.39. The molecule has 0 heterocycles. The van der Waals surface area contributed by atoms with Crippen molar-refractivity contribution in [1.29, 1.82) is 0 Å². The van der Waals surface area contributed by atoms with E-state index >= 15 is 0 Å². The predicted octanol–water partition coefficient (Wildman–Crippen LogP) is 3.67. The lowest BCUT2D eigenvalue weighted by Crippen LogP contribution is -2.46. The zero-order chi connectivity index (χ0) is 13.1. The third-order valence-electron chi connectivity index (χ3n) is 3.40. The van der Waals surface area contributed by atoms with E-state index < -0.39 is 0 Å². The SMILES string of the molecule is CCCCCN(C(C)C)C(CCC)CNCC. The van der Waals surface area contributed by atoms with Gasteiger partial charge in [0.1, 0.15) is 0 Å². The van der Waals surface area contributed by atoms with Crippen molar-refractivity contribution in [3.8, 4) is 0 Å². The number of hydrogen-bond donors (Lipinski definition) is 1. The Morgan fingerprint density at radius 3 is 2.18 bits per heavy atom. The van der Waals surface area contributed by atoms with E-state index in [0.29, 0.717) is 6.04 Å². The molecular weight excluding hydrogens is 208 g/mol. The van der Waals surface area contributed by atoms with Crippen molar-refractivity contribution in [3.05, 3.63) is 0 Å². The molecule has 2 heteroatoms. The van der Waals surface area contributed by atoms with Gasteiger partial charge in [-0.1, -0.05) is 40.0 Å². The lowest BCUT2D eigenvalue weighted by molar-refractivity contribution is 0.139. The minimum Gasteiger partial charge on any atom is -0.315 e. The van der Waals surface area contributed by atoms with Crippen LogP contribution in [0.4, 0.5) is 0 Å². The van der Waals surface area contributed by atoms with E-state index in [0.717, 1.165) is 19.1 Å². The summed E-state index contributed by atoms with van der Waals surface area (Å²) in [5.41, 5.74) is 0. The van der Waals surface area contributed by atoms with Gasteiger partial charge in [-0.25, -0.2) is 0 Å². The van der Waals surface area contributed by atoms with Crippen molar-refractivity contribution < 1.29 is 0 Å². The van der Waals surface area contributed by atoms with Gasteiger partial charge in [0, 0.05) is 18.6 Å². The molecule has 0 aliphatic rings. The van der Waals surface area contributed by atoms with Gasteiger partial charge in [-0.3, -0.25) is 4.90 Å². The monoisotopic (exact) mass is 242 g/mol. The van der Waals surface area contributed by atoms with Crippen LogP contribution in [0.15, 0.2) is 0 Å². The molecule has 104 valence electrons. The van der Waals surface area contributed by atoms with E-state index in [-0.39, 0.29) is 0 Å². The second kappa shape index (κ2) is 11.0. The second-order valence-corrected chi connectivity index (χ2v) is 5.29. The standard InChI is InChI=1S/C15H34N2/c1-6-9-10-12-17(14(4)5)15(11-7-2)13-16-8-3/h14-16H,6-13H2,1-5H3. The molecular formula is C15H34N2. The van der Waals surface area contributed by atoms with Crippen LogP contribution in [0.1, 0.15) is 66.7 Å². The lowest BCUT2D eigenvalue weighted by atomic mass is 10.1. The third kappa shape index (κ3) is 7.77. The number of rotatable bonds is 11. The van der Waals surface area contributed by atoms with Crippen molar-refractivity contribution in [2.45, 2.75) is 78.8 Å². The van der Waals surface area contributed by atoms with Crippen molar-refractivity contribution in [2.24, 2.45) is 0 Å². The number of nitrogens with zero attached hydrogens (tertiary/aromatic N) is 1. The highest BCUT2D eigenvalue weighted by Gasteiger charge is 2.19. The van der Waals surface area contributed by atoms with Gasteiger partial charge in [0.25, 0.3) is 0 Å². The Bertz CT molecular complexity index is 157. The molecule has 0 bridgehead atoms. The summed E-state index contributed by atoms with van der Waals surface area (Å²) < 4.78 is 0. The summed E-state index contributed by atoms with van der Waals surface area (Å²) in [4.78, 5) is 2.70. The molecule has 17 heavy (non-hydrogen) atoms. The molecule has 0 radical (unpaired) electrons. The Balaban J connectivity index is 4.25. The van der Waals surface area contributed by atoms with Crippen molar-refractivity contribution in [1.82, 2.24) is 10.2 Å². The van der Waals surface area contributed by atoms with Crippen LogP contribution in [0.25, 0.3) is 0 Å². The summed E-state index contributed by atoms with van der Waals surface area (Å²) in [5.74, 6) is 0. The average Bonchev–Trinajstić information content (AvgIpc) is 2.30. The Kier molecular flexibility index (Phi) is 11.0. The molecule has 0 aromatic heterocycles. The molecule has 0 rings (SSSR count). The summed E-state index contributed by atoms with van der Waals surface area (Å²) in [5, 5.41) is 3.52. The van der Waals surface area contributed by atoms with E-state index in [1.807, 2.05) is 0 Å². The van der Waals surface area contributed by atoms with Gasteiger partial charge >= 0.3 is 0 Å². The van der Waals surface area contributed by atoms with Crippen LogP contribution >= 0.6 is 0 Å². The molecule has 1 N–H and O–H groups in total. The third-order valence-corrected chi connectivity index (χ3v) is 3.40. The van der Waals surface area contributed by atoms with Crippen molar-refractivity contribution in [2.75, 3.05) is 19.6 Å². The van der Waals surface area contributed by atoms with Crippen LogP contribution in [0, 0.1) is 0 Å². The maximum atomic E-state index is 3.52. The highest BCUT2D eigenvalue weighted by molar-refractivity contribution is 4.76. The normalized spacial score (nSPS) is 13.6. The van der Waals surface area contributed by atoms with E-state index in [1.165, 1.54) is 38.6 Å². The maximum Gasteiger partial charge on any atom is 0.0223 e. The molecule has 0 spiro atoms. The van der Waals surface area contributed by atoms with Gasteiger partial charge in [0.2, 0.25) is 0 Å². The van der Waals surface area contributed by atoms with Crippen molar-refractivity contribution in [3.63, 3.8) is 0 Å². The molecule has 0 saturated carbocycles. The second-order valence-electron chi connectivity index (χ2n) is 5.29. The lowest BCUT2D eigenvalue weighted by Gasteiger charge is -2.35. The first kappa shape index (κ1) is 16.9. The zero-order valence-electron chi connectivity index (χ0n) is 12.8. The fourth-order valence-corrected chi connectivity index (χ4v) is 2.44. The number of likely N-dealkylation sites (N-methyl/N-ethyl adjacent to an activating group) is 1. The van der Waals surface area contributed by atoms with Crippen molar-refractivity contribution >= 4 is 0 Å². The Morgan fingerprint density at radius 2 is 1.71 bits per heavy atom. The maximum absolute atomic E-state index is 3.52. The molecule has 0 amide bonds. The summed E-state index contributed by atoms with van der Waals surface area (Å²) >= 11 is 0. The first-order valence-electron chi connectivity index (χ1n) is 7.63. The molecule has 0 saturated heterocycles. The number of unbranched alkanes of at least 4 members (excludes halogenated alkanes) is 2. The van der Waals surface area contributed by atoms with Gasteiger partial charge in [0.15, 0.2) is 0 Å². The first-order valence-corrected chi connectivity index (χ1v) is 7.63. The number of hydrogen-bond acceptors (Lipinski definition) is 2. The quantitative estimate of drug-likeness (QED) is 0.556. The van der Waals surface area contributed by atoms with Gasteiger partial charge < -0.3 is 5.32 Å². The Morgan fingerprint density at radius 1 is 1.00 bits per heavy atom. The fourth-order valence-electron chi connectivity index (χ4n) is 2.44. The zero-order valence-corrected chi connectivity index (χ0v) is 12.8. The predicted molar refractivity (Wildman–Crippen MR) is 78.6 cm³/mol. The van der Waals surface area contributed by atoms with Crippen LogP contribution in [-0.2, 0) is 0 Å². The molecule has 0 aliphatic carbocycles. The fraction of sp³-hybridized carbons (Fsp3) is 1.00. The molecule has 0 aromatic rings. The summed E-state index contributed by atoms with van der Waals surface area (Å²) in [6.07, 6.45) is 6.63.